The van der Waals surface area contributed by atoms with Crippen molar-refractivity contribution in [3.8, 4) is 39.9 Å². The van der Waals surface area contributed by atoms with Crippen molar-refractivity contribution in [1.82, 2.24) is 0 Å². The van der Waals surface area contributed by atoms with Gasteiger partial charge in [-0.25, -0.2) is 28.8 Å². The van der Waals surface area contributed by atoms with Gasteiger partial charge in [-0.2, -0.15) is 0 Å². The van der Waals surface area contributed by atoms with E-state index in [9.17, 15) is 38.9 Å². The Kier molecular flexibility index (Phi) is 40.4. The molecule has 0 spiro atoms. The van der Waals surface area contributed by atoms with Crippen molar-refractivity contribution >= 4 is 47.2 Å². The molecule has 0 aromatic heterocycles. The van der Waals surface area contributed by atoms with Gasteiger partial charge < -0.3 is 48.4 Å². The Bertz CT molecular complexity index is 3260. The number of nitrogens with two attached hydrogens (primary N) is 1. The SMILES string of the molecule is C=CC(=O)OCCCCCCCCCCCOc1ccc(OC(=O)c2ccc(C(=O)Oc3ccc(OCCCCCCCCCCCOC(=O)C=C)cc3)c(C(=O)OCCCCCCCCCCCOC(=O)c3ccc(-c4cc([N+](=O)[O-])c(O[C@@H](C)CCCCCC)cc4N)cc3)c2)cc1. The summed E-state index contributed by atoms with van der Waals surface area (Å²) < 4.78 is 50.7. The maximum atomic E-state index is 13.8. The molecule has 0 radical (unpaired) electrons. The molecule has 1 atom stereocenters. The first kappa shape index (κ1) is 81.7. The quantitative estimate of drug-likeness (QED) is 0.00555. The zero-order valence-corrected chi connectivity index (χ0v) is 59.3. The highest BCUT2D eigenvalue weighted by molar-refractivity contribution is 6.06. The predicted octanol–water partition coefficient (Wildman–Crippen LogP) is 19.8. The molecule has 2 N–H and O–H groups in total. The average Bonchev–Trinajstić information content (AvgIpc) is 0.810. The number of carbonyl (C=O) groups is 6. The Morgan fingerprint density at radius 1 is 0.430 bits per heavy atom. The van der Waals surface area contributed by atoms with E-state index in [4.69, 9.17) is 48.4 Å². The molecule has 100 heavy (non-hydrogen) atoms. The number of esters is 6. The lowest BCUT2D eigenvalue weighted by molar-refractivity contribution is -0.386. The summed E-state index contributed by atoms with van der Waals surface area (Å²) in [5.74, 6) is -1.63. The summed E-state index contributed by atoms with van der Waals surface area (Å²) in [7, 11) is 0. The molecule has 0 saturated carbocycles. The van der Waals surface area contributed by atoms with Crippen molar-refractivity contribution in [2.75, 3.05) is 45.4 Å². The number of carbonyl (C=O) groups excluding carboxylic acids is 6. The molecule has 0 heterocycles. The van der Waals surface area contributed by atoms with Crippen molar-refractivity contribution in [3.05, 3.63) is 161 Å². The summed E-state index contributed by atoms with van der Waals surface area (Å²) in [6.07, 6.45) is 34.3. The van der Waals surface area contributed by atoms with Crippen LogP contribution in [-0.2, 0) is 28.5 Å². The predicted molar refractivity (Wildman–Crippen MR) is 390 cm³/mol. The van der Waals surface area contributed by atoms with E-state index in [2.05, 4.69) is 20.1 Å². The van der Waals surface area contributed by atoms with E-state index in [1.54, 1.807) is 72.8 Å². The van der Waals surface area contributed by atoms with Gasteiger partial charge in [0.1, 0.15) is 23.0 Å². The van der Waals surface area contributed by atoms with Crippen LogP contribution in [0.25, 0.3) is 11.1 Å². The van der Waals surface area contributed by atoms with Gasteiger partial charge >= 0.3 is 41.5 Å². The van der Waals surface area contributed by atoms with E-state index in [0.717, 1.165) is 193 Å². The third-order valence-corrected chi connectivity index (χ3v) is 17.0. The first-order valence-electron chi connectivity index (χ1n) is 36.5. The second-order valence-electron chi connectivity index (χ2n) is 25.3. The molecule has 19 nitrogen and oxygen atoms in total. The minimum absolute atomic E-state index is 0.0321. The summed E-state index contributed by atoms with van der Waals surface area (Å²) in [5, 5.41) is 12.1. The van der Waals surface area contributed by atoms with Crippen LogP contribution in [0.1, 0.15) is 261 Å². The van der Waals surface area contributed by atoms with Crippen LogP contribution in [0.5, 0.6) is 28.7 Å². The lowest BCUT2D eigenvalue weighted by atomic mass is 10.0. The van der Waals surface area contributed by atoms with Gasteiger partial charge in [-0.3, -0.25) is 10.1 Å². The number of rotatable bonds is 55. The Labute approximate surface area is 592 Å². The van der Waals surface area contributed by atoms with Gasteiger partial charge in [-0.05, 0) is 143 Å². The van der Waals surface area contributed by atoms with Gasteiger partial charge in [-0.1, -0.05) is 186 Å². The van der Waals surface area contributed by atoms with Crippen molar-refractivity contribution in [1.29, 1.82) is 0 Å². The van der Waals surface area contributed by atoms with Gasteiger partial charge in [0.25, 0.3) is 0 Å². The van der Waals surface area contributed by atoms with Crippen LogP contribution in [0.15, 0.2) is 128 Å². The maximum absolute atomic E-state index is 13.8. The van der Waals surface area contributed by atoms with Crippen molar-refractivity contribution in [2.24, 2.45) is 0 Å². The van der Waals surface area contributed by atoms with Crippen molar-refractivity contribution < 1.29 is 76.3 Å². The number of anilines is 1. The van der Waals surface area contributed by atoms with E-state index in [1.165, 1.54) is 48.9 Å². The molecule has 0 unspecified atom stereocenters. The lowest BCUT2D eigenvalue weighted by Gasteiger charge is -2.16. The van der Waals surface area contributed by atoms with Gasteiger partial charge in [0.05, 0.1) is 72.9 Å². The molecule has 0 amide bonds. The molecule has 5 aromatic carbocycles. The number of nitro benzene ring substituents is 1. The van der Waals surface area contributed by atoms with Crippen LogP contribution >= 0.6 is 0 Å². The van der Waals surface area contributed by atoms with Crippen molar-refractivity contribution in [3.63, 3.8) is 0 Å². The Balaban J connectivity index is 1.02. The molecule has 0 saturated heterocycles. The molecule has 0 aliphatic heterocycles. The molecule has 5 aromatic rings. The topological polar surface area (TPSA) is 255 Å². The van der Waals surface area contributed by atoms with Crippen LogP contribution in [0, 0.1) is 10.1 Å². The molecule has 0 bridgehead atoms. The zero-order chi connectivity index (χ0) is 71.8. The standard InChI is InChI=1S/C81H108N2O17/c1-5-8-9-31-38-62(4)98-75-61-73(82)71(60-74(75)83(90)91)63-39-41-64(42-40-63)78(86)96-57-36-29-23-17-12-18-24-30-37-58-97-80(88)72-59-65(79(87)99-68-48-44-66(45-49-68)92-53-32-25-19-13-10-15-21-27-34-55-94-76(84)6-2)43-52-70(72)81(89)100-69-50-46-67(47-51-69)93-54-33-26-20-14-11-16-22-28-35-56-95-77(85)7-3/h6-7,39-52,59-62H,2-3,5,8-38,53-58,82H2,1,4H3/t62-/m0/s1. The lowest BCUT2D eigenvalue weighted by Crippen LogP contribution is -2.18. The first-order valence-corrected chi connectivity index (χ1v) is 36.5. The summed E-state index contributed by atoms with van der Waals surface area (Å²) in [6.45, 7) is 13.2. The largest absolute Gasteiger partial charge is 0.494 e. The second-order valence-corrected chi connectivity index (χ2v) is 25.3. The zero-order valence-electron chi connectivity index (χ0n) is 59.3. The van der Waals surface area contributed by atoms with Gasteiger partial charge in [-0.15, -0.1) is 0 Å². The number of nitrogen functional groups attached to an aromatic ring is 1. The Morgan fingerprint density at radius 2 is 0.820 bits per heavy atom. The maximum Gasteiger partial charge on any atom is 0.344 e. The van der Waals surface area contributed by atoms with Crippen LogP contribution in [-0.4, -0.2) is 86.5 Å². The third kappa shape index (κ3) is 33.2. The monoisotopic (exact) mass is 1380 g/mol. The molecule has 0 aliphatic rings. The fourth-order valence-corrected chi connectivity index (χ4v) is 11.2. The number of ether oxygens (including phenoxy) is 9. The number of benzene rings is 5. The molecule has 544 valence electrons. The highest BCUT2D eigenvalue weighted by Gasteiger charge is 2.25. The summed E-state index contributed by atoms with van der Waals surface area (Å²) >= 11 is 0. The molecular formula is C81H108N2O17. The number of nitrogens with zero attached hydrogens (tertiary/aromatic N) is 1. The van der Waals surface area contributed by atoms with Gasteiger partial charge in [0.15, 0.2) is 5.75 Å². The average molecular weight is 1380 g/mol. The van der Waals surface area contributed by atoms with E-state index < -0.39 is 28.8 Å². The molecular weight excluding hydrogens is 1270 g/mol. The smallest absolute Gasteiger partial charge is 0.344 e. The Hall–Kier alpha value is -9.00. The van der Waals surface area contributed by atoms with Crippen LogP contribution < -0.4 is 29.4 Å². The number of hydrogen-bond acceptors (Lipinski definition) is 18. The summed E-state index contributed by atoms with van der Waals surface area (Å²) in [6, 6.07) is 27.1. The van der Waals surface area contributed by atoms with Crippen LogP contribution in [0.2, 0.25) is 0 Å². The highest BCUT2D eigenvalue weighted by Crippen LogP contribution is 2.38. The van der Waals surface area contributed by atoms with E-state index in [0.29, 0.717) is 66.7 Å². The second kappa shape index (κ2) is 49.5. The number of hydrogen-bond donors (Lipinski definition) is 1. The van der Waals surface area contributed by atoms with Crippen molar-refractivity contribution in [2.45, 2.75) is 225 Å². The first-order chi connectivity index (χ1) is 48.7. The highest BCUT2D eigenvalue weighted by atomic mass is 16.6. The molecule has 5 rings (SSSR count). The number of unbranched alkanes of at least 4 members (excludes halogenated alkanes) is 27. The van der Waals surface area contributed by atoms with Gasteiger partial charge in [0.2, 0.25) is 0 Å². The minimum Gasteiger partial charge on any atom is -0.494 e. The summed E-state index contributed by atoms with van der Waals surface area (Å²) in [4.78, 5) is 88.0. The number of nitro groups is 1. The van der Waals surface area contributed by atoms with E-state index >= 15 is 0 Å². The normalized spacial score (nSPS) is 11.2. The fourth-order valence-electron chi connectivity index (χ4n) is 11.2. The third-order valence-electron chi connectivity index (χ3n) is 17.0. The fraction of sp³-hybridized carbons (Fsp3) is 0.506. The van der Waals surface area contributed by atoms with Crippen LogP contribution in [0.3, 0.4) is 0 Å². The molecule has 19 heteroatoms. The molecule has 0 fully saturated rings. The van der Waals surface area contributed by atoms with E-state index in [1.807, 2.05) is 6.92 Å². The minimum atomic E-state index is -0.811. The van der Waals surface area contributed by atoms with Crippen LogP contribution in [0.4, 0.5) is 11.4 Å². The van der Waals surface area contributed by atoms with E-state index in [-0.39, 0.29) is 70.9 Å². The molecule has 0 aliphatic carbocycles. The Morgan fingerprint density at radius 3 is 1.26 bits per heavy atom. The van der Waals surface area contributed by atoms with Gasteiger partial charge in [0, 0.05) is 35.5 Å². The summed E-state index contributed by atoms with van der Waals surface area (Å²) in [5.41, 5.74) is 7.82.